The molecule has 0 aliphatic carbocycles. The summed E-state index contributed by atoms with van der Waals surface area (Å²) >= 11 is 9.42. The summed E-state index contributed by atoms with van der Waals surface area (Å²) in [7, 11) is 0. The number of hydrogen-bond acceptors (Lipinski definition) is 1. The monoisotopic (exact) mass is 303 g/mol. The summed E-state index contributed by atoms with van der Waals surface area (Å²) in [5, 5.41) is 3.34. The van der Waals surface area contributed by atoms with E-state index in [-0.39, 0.29) is 5.91 Å². The lowest BCUT2D eigenvalue weighted by Crippen LogP contribution is -2.25. The van der Waals surface area contributed by atoms with Crippen LogP contribution in [0, 0.1) is 6.92 Å². The van der Waals surface area contributed by atoms with E-state index in [4.69, 9.17) is 11.6 Å². The second-order valence-corrected chi connectivity index (χ2v) is 5.78. The smallest absolute Gasteiger partial charge is 0.252 e. The molecule has 88 valence electrons. The average molecular weight is 305 g/mol. The fraction of sp³-hybridized carbons (Fsp3) is 0.417. The highest BCUT2D eigenvalue weighted by molar-refractivity contribution is 9.09. The van der Waals surface area contributed by atoms with E-state index in [0.717, 1.165) is 12.0 Å². The Balaban J connectivity index is 2.59. The Morgan fingerprint density at radius 3 is 2.81 bits per heavy atom. The van der Waals surface area contributed by atoms with Gasteiger partial charge in [0.05, 0.1) is 10.6 Å². The highest BCUT2D eigenvalue weighted by atomic mass is 79.9. The zero-order valence-electron chi connectivity index (χ0n) is 9.39. The minimum Gasteiger partial charge on any atom is -0.352 e. The molecular formula is C12H15BrClNO. The Labute approximate surface area is 110 Å². The molecule has 0 bridgehead atoms. The topological polar surface area (TPSA) is 29.1 Å². The van der Waals surface area contributed by atoms with Crippen molar-refractivity contribution in [2.45, 2.75) is 25.1 Å². The van der Waals surface area contributed by atoms with E-state index in [1.807, 2.05) is 19.9 Å². The molecule has 1 rings (SSSR count). The molecule has 0 aliphatic rings. The van der Waals surface area contributed by atoms with Crippen LogP contribution in [0.3, 0.4) is 0 Å². The first-order valence-electron chi connectivity index (χ1n) is 5.19. The molecule has 16 heavy (non-hydrogen) atoms. The summed E-state index contributed by atoms with van der Waals surface area (Å²) in [5.74, 6) is -0.113. The average Bonchev–Trinajstić information content (AvgIpc) is 2.16. The fourth-order valence-corrected chi connectivity index (χ4v) is 1.83. The second kappa shape index (κ2) is 6.26. The van der Waals surface area contributed by atoms with Gasteiger partial charge in [-0.15, -0.1) is 0 Å². The predicted octanol–water partition coefficient (Wildman–Crippen LogP) is 3.55. The molecule has 0 heterocycles. The molecule has 0 saturated heterocycles. The maximum absolute atomic E-state index is 11.7. The molecule has 0 saturated carbocycles. The van der Waals surface area contributed by atoms with Crippen LogP contribution in [0.4, 0.5) is 0 Å². The minimum absolute atomic E-state index is 0.113. The van der Waals surface area contributed by atoms with Gasteiger partial charge < -0.3 is 5.32 Å². The van der Waals surface area contributed by atoms with Crippen molar-refractivity contribution in [2.75, 3.05) is 6.54 Å². The SMILES string of the molecule is Cc1ccc(C(=O)NCCC(C)Br)c(Cl)c1. The summed E-state index contributed by atoms with van der Waals surface area (Å²) in [6.45, 7) is 4.64. The highest BCUT2D eigenvalue weighted by Gasteiger charge is 2.09. The lowest BCUT2D eigenvalue weighted by Gasteiger charge is -2.08. The zero-order valence-corrected chi connectivity index (χ0v) is 11.7. The van der Waals surface area contributed by atoms with Crippen molar-refractivity contribution in [3.8, 4) is 0 Å². The van der Waals surface area contributed by atoms with Gasteiger partial charge >= 0.3 is 0 Å². The van der Waals surface area contributed by atoms with E-state index in [1.54, 1.807) is 12.1 Å². The van der Waals surface area contributed by atoms with Crippen LogP contribution in [0.5, 0.6) is 0 Å². The number of hydrogen-bond donors (Lipinski definition) is 1. The van der Waals surface area contributed by atoms with E-state index in [1.165, 1.54) is 0 Å². The molecule has 1 amide bonds. The summed E-state index contributed by atoms with van der Waals surface area (Å²) in [6, 6.07) is 5.43. The van der Waals surface area contributed by atoms with Gasteiger partial charge in [0.1, 0.15) is 0 Å². The third-order valence-electron chi connectivity index (χ3n) is 2.20. The van der Waals surface area contributed by atoms with Crippen molar-refractivity contribution in [3.63, 3.8) is 0 Å². The number of alkyl halides is 1. The first kappa shape index (κ1) is 13.5. The second-order valence-electron chi connectivity index (χ2n) is 3.81. The Morgan fingerprint density at radius 1 is 1.56 bits per heavy atom. The Kier molecular flexibility index (Phi) is 5.29. The van der Waals surface area contributed by atoms with E-state index < -0.39 is 0 Å². The van der Waals surface area contributed by atoms with Crippen LogP contribution in [0.25, 0.3) is 0 Å². The number of amides is 1. The molecule has 1 N–H and O–H groups in total. The van der Waals surface area contributed by atoms with Gasteiger partial charge in [-0.2, -0.15) is 0 Å². The standard InChI is InChI=1S/C12H15BrClNO/c1-8-3-4-10(11(14)7-8)12(16)15-6-5-9(2)13/h3-4,7,9H,5-6H2,1-2H3,(H,15,16). The van der Waals surface area contributed by atoms with Crippen molar-refractivity contribution in [3.05, 3.63) is 34.3 Å². The van der Waals surface area contributed by atoms with Gasteiger partial charge in [0.2, 0.25) is 0 Å². The summed E-state index contributed by atoms with van der Waals surface area (Å²) in [4.78, 5) is 12.2. The van der Waals surface area contributed by atoms with Crippen LogP contribution in [0.2, 0.25) is 5.02 Å². The summed E-state index contributed by atoms with van der Waals surface area (Å²) < 4.78 is 0. The maximum Gasteiger partial charge on any atom is 0.252 e. The normalized spacial score (nSPS) is 12.2. The van der Waals surface area contributed by atoms with Gasteiger partial charge in [0, 0.05) is 11.4 Å². The molecule has 0 radical (unpaired) electrons. The van der Waals surface area contributed by atoms with E-state index >= 15 is 0 Å². The largest absolute Gasteiger partial charge is 0.352 e. The van der Waals surface area contributed by atoms with Crippen molar-refractivity contribution < 1.29 is 4.79 Å². The van der Waals surface area contributed by atoms with Gasteiger partial charge in [0.25, 0.3) is 5.91 Å². The molecule has 1 unspecified atom stereocenters. The van der Waals surface area contributed by atoms with Crippen molar-refractivity contribution in [2.24, 2.45) is 0 Å². The summed E-state index contributed by atoms with van der Waals surface area (Å²) in [6.07, 6.45) is 0.898. The molecular weight excluding hydrogens is 289 g/mol. The molecule has 4 heteroatoms. The molecule has 1 aromatic carbocycles. The van der Waals surface area contributed by atoms with E-state index in [2.05, 4.69) is 21.2 Å². The molecule has 0 spiro atoms. The van der Waals surface area contributed by atoms with Crippen molar-refractivity contribution >= 4 is 33.4 Å². The maximum atomic E-state index is 11.7. The molecule has 1 aromatic rings. The molecule has 1 atom stereocenters. The molecule has 0 fully saturated rings. The van der Waals surface area contributed by atoms with Crippen LogP contribution in [-0.2, 0) is 0 Å². The van der Waals surface area contributed by atoms with E-state index in [9.17, 15) is 4.79 Å². The van der Waals surface area contributed by atoms with Gasteiger partial charge in [-0.3, -0.25) is 4.79 Å². The van der Waals surface area contributed by atoms with Crippen LogP contribution in [0.15, 0.2) is 18.2 Å². The first-order chi connectivity index (χ1) is 7.50. The number of nitrogens with one attached hydrogen (secondary N) is 1. The number of benzene rings is 1. The van der Waals surface area contributed by atoms with Gasteiger partial charge in [0.15, 0.2) is 0 Å². The Bertz CT molecular complexity index is 379. The third-order valence-corrected chi connectivity index (χ3v) is 2.97. The van der Waals surface area contributed by atoms with Crippen LogP contribution < -0.4 is 5.32 Å². The van der Waals surface area contributed by atoms with Crippen molar-refractivity contribution in [1.82, 2.24) is 5.32 Å². The van der Waals surface area contributed by atoms with Crippen LogP contribution in [0.1, 0.15) is 29.3 Å². The number of carbonyl (C=O) groups is 1. The first-order valence-corrected chi connectivity index (χ1v) is 6.48. The molecule has 0 aliphatic heterocycles. The Morgan fingerprint density at radius 2 is 2.25 bits per heavy atom. The highest BCUT2D eigenvalue weighted by Crippen LogP contribution is 2.17. The third kappa shape index (κ3) is 4.14. The van der Waals surface area contributed by atoms with Gasteiger partial charge in [-0.1, -0.05) is 40.5 Å². The Hall–Kier alpha value is -0.540. The predicted molar refractivity (Wildman–Crippen MR) is 71.5 cm³/mol. The van der Waals surface area contributed by atoms with Crippen LogP contribution in [-0.4, -0.2) is 17.3 Å². The molecule has 2 nitrogen and oxygen atoms in total. The fourth-order valence-electron chi connectivity index (χ4n) is 1.28. The lowest BCUT2D eigenvalue weighted by atomic mass is 10.1. The number of aryl methyl sites for hydroxylation is 1. The number of carbonyl (C=O) groups excluding carboxylic acids is 1. The number of rotatable bonds is 4. The van der Waals surface area contributed by atoms with Gasteiger partial charge in [-0.25, -0.2) is 0 Å². The summed E-state index contributed by atoms with van der Waals surface area (Å²) in [5.41, 5.74) is 1.59. The molecule has 0 aromatic heterocycles. The van der Waals surface area contributed by atoms with Gasteiger partial charge in [-0.05, 0) is 31.0 Å². The van der Waals surface area contributed by atoms with E-state index in [0.29, 0.717) is 22.0 Å². The number of halogens is 2. The minimum atomic E-state index is -0.113. The van der Waals surface area contributed by atoms with Crippen LogP contribution >= 0.6 is 27.5 Å². The lowest BCUT2D eigenvalue weighted by molar-refractivity contribution is 0.0953. The quantitative estimate of drug-likeness (QED) is 0.847. The van der Waals surface area contributed by atoms with Crippen molar-refractivity contribution in [1.29, 1.82) is 0 Å². The zero-order chi connectivity index (χ0) is 12.1.